The maximum Gasteiger partial charge on any atom is 0.157 e. The molecule has 4 heteroatoms. The van der Waals surface area contributed by atoms with Crippen molar-refractivity contribution in [2.24, 2.45) is 0 Å². The van der Waals surface area contributed by atoms with Crippen LogP contribution >= 0.6 is 0 Å². The van der Waals surface area contributed by atoms with Crippen molar-refractivity contribution >= 4 is 0 Å². The Morgan fingerprint density at radius 3 is 2.88 bits per heavy atom. The van der Waals surface area contributed by atoms with Gasteiger partial charge in [-0.2, -0.15) is 5.10 Å². The Morgan fingerprint density at radius 2 is 2.25 bits per heavy atom. The molecule has 0 saturated heterocycles. The highest BCUT2D eigenvalue weighted by Gasteiger charge is 2.01. The smallest absolute Gasteiger partial charge is 0.157 e. The number of aromatic nitrogens is 2. The van der Waals surface area contributed by atoms with Gasteiger partial charge in [0.15, 0.2) is 5.75 Å². The van der Waals surface area contributed by atoms with Gasteiger partial charge in [0.25, 0.3) is 0 Å². The van der Waals surface area contributed by atoms with Crippen molar-refractivity contribution in [3.05, 3.63) is 12.4 Å². The van der Waals surface area contributed by atoms with Crippen LogP contribution in [0.15, 0.2) is 12.4 Å². The monoisotopic (exact) mass is 225 g/mol. The highest BCUT2D eigenvalue weighted by molar-refractivity contribution is 5.11. The summed E-state index contributed by atoms with van der Waals surface area (Å²) in [7, 11) is 0. The fraction of sp³-hybridized carbons (Fsp3) is 0.750. The summed E-state index contributed by atoms with van der Waals surface area (Å²) in [5.74, 6) is 0.872. The summed E-state index contributed by atoms with van der Waals surface area (Å²) in [6.45, 7) is 9.22. The van der Waals surface area contributed by atoms with E-state index in [2.05, 4.69) is 31.2 Å². The van der Waals surface area contributed by atoms with E-state index in [1.54, 1.807) is 6.20 Å². The van der Waals surface area contributed by atoms with Crippen LogP contribution in [-0.2, 0) is 0 Å². The van der Waals surface area contributed by atoms with Crippen LogP contribution < -0.4 is 10.1 Å². The van der Waals surface area contributed by atoms with Gasteiger partial charge in [0, 0.05) is 6.04 Å². The molecule has 1 rings (SSSR count). The lowest BCUT2D eigenvalue weighted by atomic mass is 10.3. The zero-order valence-corrected chi connectivity index (χ0v) is 10.6. The Balaban J connectivity index is 2.12. The Labute approximate surface area is 98.0 Å². The molecule has 16 heavy (non-hydrogen) atoms. The molecule has 4 nitrogen and oxygen atoms in total. The number of unbranched alkanes of at least 4 members (excludes halogenated alkanes) is 1. The minimum absolute atomic E-state index is 0.395. The van der Waals surface area contributed by atoms with Gasteiger partial charge in [-0.3, -0.25) is 4.68 Å². The lowest BCUT2D eigenvalue weighted by Crippen LogP contribution is -2.14. The molecule has 0 radical (unpaired) electrons. The molecule has 0 amide bonds. The van der Waals surface area contributed by atoms with Crippen LogP contribution in [0.3, 0.4) is 0 Å². The Hall–Kier alpha value is -1.03. The first kappa shape index (κ1) is 13.0. The Bertz CT molecular complexity index is 284. The SMILES string of the molecule is CCNCCCCOc1cnn(C(C)C)c1. The lowest BCUT2D eigenvalue weighted by molar-refractivity contribution is 0.305. The number of nitrogens with one attached hydrogen (secondary N) is 1. The van der Waals surface area contributed by atoms with E-state index in [9.17, 15) is 0 Å². The van der Waals surface area contributed by atoms with Crippen molar-refractivity contribution in [3.63, 3.8) is 0 Å². The fourth-order valence-electron chi connectivity index (χ4n) is 1.40. The predicted octanol–water partition coefficient (Wildman–Crippen LogP) is 2.23. The highest BCUT2D eigenvalue weighted by atomic mass is 16.5. The van der Waals surface area contributed by atoms with E-state index in [0.29, 0.717) is 6.04 Å². The minimum atomic E-state index is 0.395. The van der Waals surface area contributed by atoms with Crippen molar-refractivity contribution in [3.8, 4) is 5.75 Å². The van der Waals surface area contributed by atoms with Gasteiger partial charge in [0.1, 0.15) is 0 Å². The van der Waals surface area contributed by atoms with Gasteiger partial charge in [-0.05, 0) is 39.8 Å². The standard InChI is InChI=1S/C12H23N3O/c1-4-13-7-5-6-8-16-12-9-14-15(10-12)11(2)3/h9-11,13H,4-8H2,1-3H3. The van der Waals surface area contributed by atoms with Gasteiger partial charge >= 0.3 is 0 Å². The summed E-state index contributed by atoms with van der Waals surface area (Å²) in [6.07, 6.45) is 5.98. The average molecular weight is 225 g/mol. The van der Waals surface area contributed by atoms with Crippen LogP contribution in [0.25, 0.3) is 0 Å². The summed E-state index contributed by atoms with van der Waals surface area (Å²) >= 11 is 0. The Morgan fingerprint density at radius 1 is 1.44 bits per heavy atom. The summed E-state index contributed by atoms with van der Waals surface area (Å²) in [6, 6.07) is 0.395. The largest absolute Gasteiger partial charge is 0.490 e. The molecule has 0 aromatic carbocycles. The molecule has 1 N–H and O–H groups in total. The second-order valence-electron chi connectivity index (χ2n) is 4.16. The molecular formula is C12H23N3O. The summed E-state index contributed by atoms with van der Waals surface area (Å²) in [5, 5.41) is 7.52. The summed E-state index contributed by atoms with van der Waals surface area (Å²) in [5.41, 5.74) is 0. The summed E-state index contributed by atoms with van der Waals surface area (Å²) < 4.78 is 7.52. The van der Waals surface area contributed by atoms with E-state index >= 15 is 0 Å². The zero-order chi connectivity index (χ0) is 11.8. The van der Waals surface area contributed by atoms with Crippen LogP contribution in [0.5, 0.6) is 5.75 Å². The third-order valence-corrected chi connectivity index (χ3v) is 2.37. The van der Waals surface area contributed by atoms with Gasteiger partial charge in [-0.15, -0.1) is 0 Å². The number of rotatable bonds is 8. The van der Waals surface area contributed by atoms with Crippen molar-refractivity contribution in [1.29, 1.82) is 0 Å². The molecule has 1 aromatic rings. The third-order valence-electron chi connectivity index (χ3n) is 2.37. The van der Waals surface area contributed by atoms with Crippen LogP contribution in [0.4, 0.5) is 0 Å². The molecule has 0 atom stereocenters. The lowest BCUT2D eigenvalue weighted by Gasteiger charge is -2.05. The van der Waals surface area contributed by atoms with Gasteiger partial charge in [0.05, 0.1) is 19.0 Å². The van der Waals surface area contributed by atoms with E-state index in [-0.39, 0.29) is 0 Å². The van der Waals surface area contributed by atoms with Crippen LogP contribution in [0.2, 0.25) is 0 Å². The van der Waals surface area contributed by atoms with Crippen LogP contribution in [0, 0.1) is 0 Å². The van der Waals surface area contributed by atoms with Gasteiger partial charge in [-0.25, -0.2) is 0 Å². The maximum absolute atomic E-state index is 5.61. The molecular weight excluding hydrogens is 202 g/mol. The van der Waals surface area contributed by atoms with Crippen molar-refractivity contribution in [2.45, 2.75) is 39.7 Å². The van der Waals surface area contributed by atoms with Crippen molar-refractivity contribution in [2.75, 3.05) is 19.7 Å². The first-order valence-corrected chi connectivity index (χ1v) is 6.11. The van der Waals surface area contributed by atoms with Gasteiger partial charge < -0.3 is 10.1 Å². The normalized spacial score (nSPS) is 11.0. The topological polar surface area (TPSA) is 39.1 Å². The van der Waals surface area contributed by atoms with Crippen LogP contribution in [0.1, 0.15) is 39.7 Å². The number of hydrogen-bond donors (Lipinski definition) is 1. The second-order valence-corrected chi connectivity index (χ2v) is 4.16. The number of ether oxygens (including phenoxy) is 1. The second kappa shape index (κ2) is 7.28. The number of nitrogens with zero attached hydrogens (tertiary/aromatic N) is 2. The van der Waals surface area contributed by atoms with E-state index < -0.39 is 0 Å². The van der Waals surface area contributed by atoms with Crippen molar-refractivity contribution < 1.29 is 4.74 Å². The molecule has 0 aliphatic rings. The van der Waals surface area contributed by atoms with Crippen LogP contribution in [-0.4, -0.2) is 29.5 Å². The molecule has 92 valence electrons. The predicted molar refractivity (Wildman–Crippen MR) is 65.9 cm³/mol. The molecule has 0 bridgehead atoms. The Kier molecular flexibility index (Phi) is 5.93. The molecule has 1 heterocycles. The molecule has 0 unspecified atom stereocenters. The summed E-state index contributed by atoms with van der Waals surface area (Å²) in [4.78, 5) is 0. The number of hydrogen-bond acceptors (Lipinski definition) is 3. The molecule has 1 aromatic heterocycles. The molecule has 0 saturated carbocycles. The average Bonchev–Trinajstić information content (AvgIpc) is 2.72. The van der Waals surface area contributed by atoms with E-state index in [4.69, 9.17) is 4.74 Å². The van der Waals surface area contributed by atoms with E-state index in [1.165, 1.54) is 0 Å². The first-order valence-electron chi connectivity index (χ1n) is 6.11. The van der Waals surface area contributed by atoms with Gasteiger partial charge in [0.2, 0.25) is 0 Å². The zero-order valence-electron chi connectivity index (χ0n) is 10.6. The third kappa shape index (κ3) is 4.66. The molecule has 0 spiro atoms. The maximum atomic E-state index is 5.61. The van der Waals surface area contributed by atoms with Crippen molar-refractivity contribution in [1.82, 2.24) is 15.1 Å². The highest BCUT2D eigenvalue weighted by Crippen LogP contribution is 2.12. The minimum Gasteiger partial charge on any atom is -0.490 e. The van der Waals surface area contributed by atoms with E-state index in [1.807, 2.05) is 10.9 Å². The van der Waals surface area contributed by atoms with E-state index in [0.717, 1.165) is 38.3 Å². The van der Waals surface area contributed by atoms with Gasteiger partial charge in [-0.1, -0.05) is 6.92 Å². The fourth-order valence-corrected chi connectivity index (χ4v) is 1.40. The quantitative estimate of drug-likeness (QED) is 0.690. The molecule has 0 fully saturated rings. The molecule has 0 aliphatic heterocycles. The molecule has 0 aliphatic carbocycles. The first-order chi connectivity index (χ1) is 7.74.